The van der Waals surface area contributed by atoms with Crippen molar-refractivity contribution < 1.29 is 14.4 Å². The third-order valence-corrected chi connectivity index (χ3v) is 6.01. The Morgan fingerprint density at radius 2 is 1.79 bits per heavy atom. The summed E-state index contributed by atoms with van der Waals surface area (Å²) in [6.45, 7) is 6.18. The third kappa shape index (κ3) is 4.38. The van der Waals surface area contributed by atoms with Crippen molar-refractivity contribution in [2.45, 2.75) is 51.5 Å². The molecule has 0 radical (unpaired) electrons. The number of unbranched alkanes of at least 4 members (excludes halogenated alkanes) is 1. The average Bonchev–Trinajstić information content (AvgIpc) is 3.00. The minimum absolute atomic E-state index is 0.00408. The van der Waals surface area contributed by atoms with E-state index in [1.807, 2.05) is 42.2 Å². The van der Waals surface area contributed by atoms with Crippen molar-refractivity contribution in [2.24, 2.45) is 0 Å². The Balaban J connectivity index is 1.78. The summed E-state index contributed by atoms with van der Waals surface area (Å²) in [4.78, 5) is 43.6. The highest BCUT2D eigenvalue weighted by Gasteiger charge is 2.54. The van der Waals surface area contributed by atoms with E-state index in [1.54, 1.807) is 4.90 Å². The van der Waals surface area contributed by atoms with Crippen LogP contribution in [0.5, 0.6) is 0 Å². The zero-order valence-electron chi connectivity index (χ0n) is 17.5. The summed E-state index contributed by atoms with van der Waals surface area (Å²) in [6, 6.07) is 9.88. The molecule has 2 aliphatic heterocycles. The molecular weight excluding hydrogens is 368 g/mol. The van der Waals surface area contributed by atoms with Crippen molar-refractivity contribution >= 4 is 23.4 Å². The predicted molar refractivity (Wildman–Crippen MR) is 112 cm³/mol. The van der Waals surface area contributed by atoms with Gasteiger partial charge in [-0.2, -0.15) is 0 Å². The van der Waals surface area contributed by atoms with E-state index in [0.29, 0.717) is 45.6 Å². The van der Waals surface area contributed by atoms with Gasteiger partial charge in [-0.25, -0.2) is 0 Å². The Labute approximate surface area is 173 Å². The van der Waals surface area contributed by atoms with Crippen LogP contribution in [0.2, 0.25) is 0 Å². The molecule has 1 aromatic carbocycles. The number of nitrogens with one attached hydrogen (secondary N) is 1. The van der Waals surface area contributed by atoms with Gasteiger partial charge in [0, 0.05) is 31.7 Å². The van der Waals surface area contributed by atoms with E-state index in [2.05, 4.69) is 17.1 Å². The first-order chi connectivity index (χ1) is 14.0. The second-order valence-electron chi connectivity index (χ2n) is 7.88. The molecule has 158 valence electrons. The second-order valence-corrected chi connectivity index (χ2v) is 7.88. The van der Waals surface area contributed by atoms with E-state index in [1.165, 1.54) is 0 Å². The fourth-order valence-corrected chi connectivity index (χ4v) is 4.31. The molecule has 1 aromatic rings. The van der Waals surface area contributed by atoms with Crippen molar-refractivity contribution in [2.75, 3.05) is 37.7 Å². The molecular formula is C22H32N4O3. The molecule has 2 heterocycles. The van der Waals surface area contributed by atoms with Gasteiger partial charge in [-0.15, -0.1) is 0 Å². The topological polar surface area (TPSA) is 73.0 Å². The maximum atomic E-state index is 13.5. The number of carbonyl (C=O) groups is 3. The molecule has 7 heteroatoms. The van der Waals surface area contributed by atoms with Crippen LogP contribution in [-0.2, 0) is 14.4 Å². The van der Waals surface area contributed by atoms with Gasteiger partial charge in [-0.1, -0.05) is 38.5 Å². The lowest BCUT2D eigenvalue weighted by Gasteiger charge is -2.43. The first-order valence-corrected chi connectivity index (χ1v) is 10.7. The van der Waals surface area contributed by atoms with Gasteiger partial charge in [0.2, 0.25) is 11.8 Å². The highest BCUT2D eigenvalue weighted by Crippen LogP contribution is 2.39. The lowest BCUT2D eigenvalue weighted by atomic mass is 9.85. The van der Waals surface area contributed by atoms with Gasteiger partial charge in [0.25, 0.3) is 5.91 Å². The molecule has 2 fully saturated rings. The molecule has 3 amide bonds. The molecule has 1 N–H and O–H groups in total. The van der Waals surface area contributed by atoms with Crippen LogP contribution in [-0.4, -0.2) is 65.9 Å². The van der Waals surface area contributed by atoms with E-state index in [4.69, 9.17) is 0 Å². The molecule has 1 spiro atoms. The molecule has 0 unspecified atom stereocenters. The van der Waals surface area contributed by atoms with Crippen LogP contribution >= 0.6 is 0 Å². The van der Waals surface area contributed by atoms with E-state index < -0.39 is 5.54 Å². The normalized spacial score (nSPS) is 18.4. The van der Waals surface area contributed by atoms with Crippen molar-refractivity contribution in [1.82, 2.24) is 15.1 Å². The van der Waals surface area contributed by atoms with E-state index >= 15 is 0 Å². The number of para-hydroxylation sites is 1. The van der Waals surface area contributed by atoms with Crippen molar-refractivity contribution in [3.63, 3.8) is 0 Å². The quantitative estimate of drug-likeness (QED) is 0.711. The van der Waals surface area contributed by atoms with Gasteiger partial charge >= 0.3 is 0 Å². The summed E-state index contributed by atoms with van der Waals surface area (Å²) >= 11 is 0. The number of amides is 3. The largest absolute Gasteiger partial charge is 0.355 e. The Morgan fingerprint density at radius 3 is 2.41 bits per heavy atom. The number of nitrogens with zero attached hydrogens (tertiary/aromatic N) is 3. The van der Waals surface area contributed by atoms with E-state index in [-0.39, 0.29) is 24.3 Å². The Bertz CT molecular complexity index is 729. The van der Waals surface area contributed by atoms with Crippen LogP contribution in [0.3, 0.4) is 0 Å². The van der Waals surface area contributed by atoms with Gasteiger partial charge < -0.3 is 20.0 Å². The van der Waals surface area contributed by atoms with Crippen LogP contribution in [0.4, 0.5) is 5.69 Å². The molecule has 2 saturated heterocycles. The van der Waals surface area contributed by atoms with Gasteiger partial charge in [0.15, 0.2) is 0 Å². The van der Waals surface area contributed by atoms with Crippen molar-refractivity contribution in [1.29, 1.82) is 0 Å². The number of rotatable bonds is 7. The minimum atomic E-state index is -0.685. The number of hydrogen-bond donors (Lipinski definition) is 1. The number of likely N-dealkylation sites (tertiary alicyclic amines) is 1. The van der Waals surface area contributed by atoms with E-state index in [0.717, 1.165) is 18.5 Å². The van der Waals surface area contributed by atoms with E-state index in [9.17, 15) is 14.4 Å². The molecule has 0 saturated carbocycles. The maximum absolute atomic E-state index is 13.5. The van der Waals surface area contributed by atoms with Crippen LogP contribution in [0.1, 0.15) is 46.0 Å². The van der Waals surface area contributed by atoms with Crippen LogP contribution in [0.15, 0.2) is 30.3 Å². The van der Waals surface area contributed by atoms with Crippen molar-refractivity contribution in [3.05, 3.63) is 30.3 Å². The number of piperidine rings is 1. The van der Waals surface area contributed by atoms with Crippen LogP contribution in [0.25, 0.3) is 0 Å². The van der Waals surface area contributed by atoms with Gasteiger partial charge in [-0.3, -0.25) is 14.4 Å². The highest BCUT2D eigenvalue weighted by atomic mass is 16.2. The summed E-state index contributed by atoms with van der Waals surface area (Å²) in [6.07, 6.45) is 3.59. The lowest BCUT2D eigenvalue weighted by Crippen LogP contribution is -2.57. The fraction of sp³-hybridized carbons (Fsp3) is 0.591. The Kier molecular flexibility index (Phi) is 6.77. The number of anilines is 1. The predicted octanol–water partition coefficient (Wildman–Crippen LogP) is 1.98. The monoisotopic (exact) mass is 400 g/mol. The highest BCUT2D eigenvalue weighted by molar-refractivity contribution is 5.96. The molecule has 0 aromatic heterocycles. The Morgan fingerprint density at radius 1 is 1.10 bits per heavy atom. The first-order valence-electron chi connectivity index (χ1n) is 10.7. The zero-order valence-corrected chi connectivity index (χ0v) is 17.5. The van der Waals surface area contributed by atoms with Crippen LogP contribution in [0, 0.1) is 0 Å². The number of benzene rings is 1. The van der Waals surface area contributed by atoms with Crippen LogP contribution < -0.4 is 10.2 Å². The molecule has 0 bridgehead atoms. The summed E-state index contributed by atoms with van der Waals surface area (Å²) in [5.41, 5.74) is 0.292. The van der Waals surface area contributed by atoms with Gasteiger partial charge in [-0.05, 0) is 31.4 Å². The van der Waals surface area contributed by atoms with Crippen molar-refractivity contribution in [3.8, 4) is 0 Å². The zero-order chi connectivity index (χ0) is 20.9. The fourth-order valence-electron chi connectivity index (χ4n) is 4.31. The van der Waals surface area contributed by atoms with Gasteiger partial charge in [0.1, 0.15) is 12.1 Å². The first kappa shape index (κ1) is 21.1. The third-order valence-electron chi connectivity index (χ3n) is 6.01. The molecule has 0 aliphatic carbocycles. The summed E-state index contributed by atoms with van der Waals surface area (Å²) < 4.78 is 0. The summed E-state index contributed by atoms with van der Waals surface area (Å²) in [7, 11) is 0. The SMILES string of the molecule is CCCCNC(=O)CN1CN(c2ccccc2)C2(CCN(C(=O)CC)CC2)C1=O. The average molecular weight is 401 g/mol. The number of hydrogen-bond acceptors (Lipinski definition) is 4. The summed E-state index contributed by atoms with van der Waals surface area (Å²) in [5.74, 6) is 0.00904. The second kappa shape index (κ2) is 9.29. The summed E-state index contributed by atoms with van der Waals surface area (Å²) in [5, 5.41) is 2.90. The maximum Gasteiger partial charge on any atom is 0.250 e. The molecule has 3 rings (SSSR count). The molecule has 2 aliphatic rings. The molecule has 7 nitrogen and oxygen atoms in total. The Hall–Kier alpha value is -2.57. The van der Waals surface area contributed by atoms with Gasteiger partial charge in [0.05, 0.1) is 6.67 Å². The number of carbonyl (C=O) groups excluding carboxylic acids is 3. The lowest BCUT2D eigenvalue weighted by molar-refractivity contribution is -0.139. The minimum Gasteiger partial charge on any atom is -0.355 e. The molecule has 29 heavy (non-hydrogen) atoms. The standard InChI is InChI=1S/C22H32N4O3/c1-3-5-13-23-19(27)16-25-17-26(18-9-7-6-8-10-18)22(21(25)29)11-14-24(15-12-22)20(28)4-2/h6-10H,3-5,11-17H2,1-2H3,(H,23,27). The molecule has 0 atom stereocenters. The smallest absolute Gasteiger partial charge is 0.250 e.